The molecular formula is C51H38O2. The van der Waals surface area contributed by atoms with Crippen molar-refractivity contribution in [3.8, 4) is 22.5 Å². The molecule has 3 aliphatic carbocycles. The van der Waals surface area contributed by atoms with Gasteiger partial charge in [-0.3, -0.25) is 0 Å². The van der Waals surface area contributed by atoms with Crippen LogP contribution in [0.2, 0.25) is 0 Å². The lowest BCUT2D eigenvalue weighted by Crippen LogP contribution is -2.39. The number of benzene rings is 6. The predicted octanol–water partition coefficient (Wildman–Crippen LogP) is 11.7. The molecule has 0 radical (unpaired) electrons. The topological polar surface area (TPSA) is 26.3 Å². The van der Waals surface area contributed by atoms with Crippen LogP contribution in [-0.2, 0) is 12.8 Å². The Morgan fingerprint density at radius 3 is 2.11 bits per heavy atom. The lowest BCUT2D eigenvalue weighted by Gasteiger charge is -2.35. The van der Waals surface area contributed by atoms with E-state index in [-0.39, 0.29) is 5.92 Å². The van der Waals surface area contributed by atoms with Crippen molar-refractivity contribution in [1.82, 2.24) is 0 Å². The zero-order valence-electron chi connectivity index (χ0n) is 29.7. The lowest BCUT2D eigenvalue weighted by atomic mass is 9.68. The van der Waals surface area contributed by atoms with Gasteiger partial charge in [0.05, 0.1) is 5.56 Å². The fourth-order valence-electron chi connectivity index (χ4n) is 9.61. The van der Waals surface area contributed by atoms with Crippen molar-refractivity contribution in [3.05, 3.63) is 190 Å². The molecule has 53 heavy (non-hydrogen) atoms. The highest BCUT2D eigenvalue weighted by Crippen LogP contribution is 2.48. The molecule has 0 fully saturated rings. The van der Waals surface area contributed by atoms with Crippen molar-refractivity contribution in [3.63, 3.8) is 0 Å². The predicted molar refractivity (Wildman–Crippen MR) is 218 cm³/mol. The number of para-hydroxylation sites is 3. The second kappa shape index (κ2) is 12.0. The van der Waals surface area contributed by atoms with Crippen LogP contribution in [0.1, 0.15) is 42.0 Å². The van der Waals surface area contributed by atoms with Crippen LogP contribution < -0.4 is 10.4 Å². The van der Waals surface area contributed by atoms with Gasteiger partial charge < -0.3 is 8.83 Å². The maximum absolute atomic E-state index is 7.17. The number of furan rings is 2. The molecule has 254 valence electrons. The number of allylic oxidation sites excluding steroid dienone is 4. The Morgan fingerprint density at radius 2 is 1.26 bits per heavy atom. The van der Waals surface area contributed by atoms with Crippen molar-refractivity contribution >= 4 is 44.1 Å². The molecule has 0 amide bonds. The third kappa shape index (κ3) is 4.65. The number of fused-ring (bicyclic) bond motifs is 7. The van der Waals surface area contributed by atoms with Crippen molar-refractivity contribution in [2.75, 3.05) is 0 Å². The summed E-state index contributed by atoms with van der Waals surface area (Å²) < 4.78 is 13.9. The van der Waals surface area contributed by atoms with Crippen LogP contribution in [-0.4, -0.2) is 0 Å². The molecule has 2 unspecified atom stereocenters. The van der Waals surface area contributed by atoms with Gasteiger partial charge in [-0.25, -0.2) is 0 Å². The first kappa shape index (κ1) is 30.5. The van der Waals surface area contributed by atoms with Crippen LogP contribution in [0.15, 0.2) is 166 Å². The molecule has 8 aromatic rings. The first-order chi connectivity index (χ1) is 26.2. The maximum Gasteiger partial charge on any atom is 0.147 e. The van der Waals surface area contributed by atoms with Crippen LogP contribution in [0.5, 0.6) is 0 Å². The van der Waals surface area contributed by atoms with Gasteiger partial charge in [0.1, 0.15) is 22.5 Å². The van der Waals surface area contributed by atoms with E-state index in [1.807, 2.05) is 6.07 Å². The molecule has 0 aliphatic heterocycles. The van der Waals surface area contributed by atoms with Gasteiger partial charge in [0.25, 0.3) is 0 Å². The van der Waals surface area contributed by atoms with Crippen LogP contribution >= 0.6 is 0 Å². The molecule has 2 heteroatoms. The van der Waals surface area contributed by atoms with E-state index in [1.54, 1.807) is 0 Å². The number of hydrogen-bond donors (Lipinski definition) is 0. The minimum absolute atomic E-state index is 0.228. The molecule has 2 aromatic heterocycles. The summed E-state index contributed by atoms with van der Waals surface area (Å²) in [6.45, 7) is 2.38. The van der Waals surface area contributed by atoms with E-state index in [1.165, 1.54) is 69.5 Å². The van der Waals surface area contributed by atoms with Crippen molar-refractivity contribution in [1.29, 1.82) is 0 Å². The highest BCUT2D eigenvalue weighted by Gasteiger charge is 2.34. The smallest absolute Gasteiger partial charge is 0.147 e. The third-order valence-corrected chi connectivity index (χ3v) is 12.0. The van der Waals surface area contributed by atoms with Gasteiger partial charge in [0.2, 0.25) is 0 Å². The van der Waals surface area contributed by atoms with E-state index >= 15 is 0 Å². The van der Waals surface area contributed by atoms with E-state index < -0.39 is 0 Å². The first-order valence-corrected chi connectivity index (χ1v) is 19.1. The van der Waals surface area contributed by atoms with E-state index in [0.717, 1.165) is 60.9 Å². The van der Waals surface area contributed by atoms with E-state index in [9.17, 15) is 0 Å². The van der Waals surface area contributed by atoms with Crippen molar-refractivity contribution in [2.24, 2.45) is 11.8 Å². The highest BCUT2D eigenvalue weighted by molar-refractivity contribution is 6.14. The summed E-state index contributed by atoms with van der Waals surface area (Å²) in [5, 5.41) is 5.89. The molecular weight excluding hydrogens is 645 g/mol. The van der Waals surface area contributed by atoms with Gasteiger partial charge in [0.15, 0.2) is 0 Å². The van der Waals surface area contributed by atoms with Gasteiger partial charge in [-0.15, -0.1) is 0 Å². The van der Waals surface area contributed by atoms with Gasteiger partial charge in [-0.1, -0.05) is 146 Å². The molecule has 0 saturated carbocycles. The number of aryl methyl sites for hydroxylation is 2. The standard InChI is InChI=1S/C51H38O2/c1-31-14-11-24-41-45(31)46(35-29-28-32-15-5-6-18-34(32)30-35)36-19-7-8-20-37(36)48(41)42-25-12-22-38-39-23-13-26-43(50(39)53-49(38)42)51-47(33-16-3-2-4-17-33)40-21-9-10-27-44(40)52-51/h2-4,7-14,16-17,19-31,45H,5-6,15,18H2,1H3. The fraction of sp³-hybridized carbons (Fsp3) is 0.137. The van der Waals surface area contributed by atoms with Gasteiger partial charge in [-0.2, -0.15) is 0 Å². The third-order valence-electron chi connectivity index (χ3n) is 12.0. The molecule has 2 atom stereocenters. The molecule has 11 rings (SSSR count). The maximum atomic E-state index is 7.17. The summed E-state index contributed by atoms with van der Waals surface area (Å²) in [5.41, 5.74) is 15.4. The largest absolute Gasteiger partial charge is 0.455 e. The van der Waals surface area contributed by atoms with Gasteiger partial charge >= 0.3 is 0 Å². The fourth-order valence-corrected chi connectivity index (χ4v) is 9.61. The summed E-state index contributed by atoms with van der Waals surface area (Å²) in [7, 11) is 0. The lowest BCUT2D eigenvalue weighted by molar-refractivity contribution is 0.596. The van der Waals surface area contributed by atoms with E-state index in [0.29, 0.717) is 5.92 Å². The van der Waals surface area contributed by atoms with Crippen molar-refractivity contribution in [2.45, 2.75) is 32.6 Å². The quantitative estimate of drug-likeness (QED) is 0.185. The van der Waals surface area contributed by atoms with Gasteiger partial charge in [-0.05, 0) is 93.1 Å². The Hall–Kier alpha value is -6.12. The first-order valence-electron chi connectivity index (χ1n) is 19.1. The molecule has 6 aromatic carbocycles. The number of hydrogen-bond acceptors (Lipinski definition) is 2. The normalized spacial score (nSPS) is 17.9. The summed E-state index contributed by atoms with van der Waals surface area (Å²) >= 11 is 0. The number of rotatable bonds is 4. The Bertz CT molecular complexity index is 2970. The molecule has 0 bridgehead atoms. The van der Waals surface area contributed by atoms with Crippen LogP contribution in [0.4, 0.5) is 0 Å². The molecule has 0 spiro atoms. The molecule has 2 heterocycles. The Kier molecular flexibility index (Phi) is 6.89. The molecule has 0 N–H and O–H groups in total. The van der Waals surface area contributed by atoms with Crippen LogP contribution in [0.25, 0.3) is 66.5 Å². The summed E-state index contributed by atoms with van der Waals surface area (Å²) in [6.07, 6.45) is 11.9. The average molecular weight is 683 g/mol. The average Bonchev–Trinajstić information content (AvgIpc) is 3.80. The van der Waals surface area contributed by atoms with E-state index in [4.69, 9.17) is 8.83 Å². The summed E-state index contributed by atoms with van der Waals surface area (Å²) in [4.78, 5) is 0. The SMILES string of the molecule is CC1C=CC=C2C(c3cccc4c3oc3c(-c5oc6ccccc6c5-c5ccccc5)cccc34)=c3ccccc3=C(c3ccc4c(c3)CCCC4)C21. The minimum Gasteiger partial charge on any atom is -0.455 e. The monoisotopic (exact) mass is 682 g/mol. The van der Waals surface area contributed by atoms with Crippen LogP contribution in [0, 0.1) is 11.8 Å². The Morgan fingerprint density at radius 1 is 0.566 bits per heavy atom. The molecule has 3 aliphatic rings. The second-order valence-corrected chi connectivity index (χ2v) is 15.0. The van der Waals surface area contributed by atoms with Crippen LogP contribution in [0.3, 0.4) is 0 Å². The highest BCUT2D eigenvalue weighted by atomic mass is 16.3. The van der Waals surface area contributed by atoms with Gasteiger partial charge in [0, 0.05) is 33.2 Å². The van der Waals surface area contributed by atoms with Crippen molar-refractivity contribution < 1.29 is 8.83 Å². The minimum atomic E-state index is 0.228. The molecule has 0 saturated heterocycles. The zero-order valence-corrected chi connectivity index (χ0v) is 29.7. The summed E-state index contributed by atoms with van der Waals surface area (Å²) in [6, 6.07) is 48.4. The Labute approximate surface area is 308 Å². The van der Waals surface area contributed by atoms with E-state index in [2.05, 4.69) is 153 Å². The summed E-state index contributed by atoms with van der Waals surface area (Å²) in [5.74, 6) is 1.40. The zero-order chi connectivity index (χ0) is 35.0. The molecule has 2 nitrogen and oxygen atoms in total. The second-order valence-electron chi connectivity index (χ2n) is 15.0. The Balaban J connectivity index is 1.19.